The van der Waals surface area contributed by atoms with E-state index in [0.717, 1.165) is 31.1 Å². The molecule has 0 saturated heterocycles. The highest BCUT2D eigenvalue weighted by Gasteiger charge is 2.29. The van der Waals surface area contributed by atoms with Gasteiger partial charge >= 0.3 is 0 Å². The summed E-state index contributed by atoms with van der Waals surface area (Å²) >= 11 is 1.86. The molecule has 3 nitrogen and oxygen atoms in total. The van der Waals surface area contributed by atoms with E-state index in [1.165, 1.54) is 34.8 Å². The van der Waals surface area contributed by atoms with Gasteiger partial charge in [-0.2, -0.15) is 0 Å². The van der Waals surface area contributed by atoms with Crippen molar-refractivity contribution in [2.75, 3.05) is 6.54 Å². The third-order valence-corrected chi connectivity index (χ3v) is 4.58. The normalized spacial score (nSPS) is 14.7. The molecule has 1 aliphatic rings. The van der Waals surface area contributed by atoms with Gasteiger partial charge in [-0.3, -0.25) is 4.98 Å². The molecule has 0 aromatic carbocycles. The summed E-state index contributed by atoms with van der Waals surface area (Å²) in [6.07, 6.45) is 6.52. The molecule has 2 aromatic heterocycles. The second kappa shape index (κ2) is 6.46. The molecule has 4 heteroatoms. The molecule has 3 rings (SSSR count). The van der Waals surface area contributed by atoms with Crippen LogP contribution < -0.4 is 5.32 Å². The lowest BCUT2D eigenvalue weighted by molar-refractivity contribution is 0.676. The molecule has 1 fully saturated rings. The van der Waals surface area contributed by atoms with Crippen molar-refractivity contribution < 1.29 is 0 Å². The highest BCUT2D eigenvalue weighted by molar-refractivity contribution is 7.11. The molecule has 2 aromatic rings. The van der Waals surface area contributed by atoms with Crippen molar-refractivity contribution in [2.45, 2.75) is 45.1 Å². The van der Waals surface area contributed by atoms with Crippen LogP contribution >= 0.6 is 11.3 Å². The molecular formula is C16H21N3S. The van der Waals surface area contributed by atoms with Gasteiger partial charge in [0.25, 0.3) is 0 Å². The highest BCUT2D eigenvalue weighted by Crippen LogP contribution is 2.42. The fourth-order valence-electron chi connectivity index (χ4n) is 2.33. The molecule has 0 atom stereocenters. The number of nitrogens with zero attached hydrogens (tertiary/aromatic N) is 2. The van der Waals surface area contributed by atoms with Crippen molar-refractivity contribution in [3.63, 3.8) is 0 Å². The van der Waals surface area contributed by atoms with E-state index < -0.39 is 0 Å². The molecule has 1 saturated carbocycles. The smallest absolute Gasteiger partial charge is 0.0991 e. The molecule has 0 amide bonds. The molecule has 0 aliphatic heterocycles. The molecular weight excluding hydrogens is 266 g/mol. The lowest BCUT2D eigenvalue weighted by atomic mass is 10.2. The Bertz CT molecular complexity index is 546. The summed E-state index contributed by atoms with van der Waals surface area (Å²) in [5.74, 6) is 0.724. The fourth-order valence-corrected chi connectivity index (χ4v) is 3.47. The van der Waals surface area contributed by atoms with Gasteiger partial charge in [-0.15, -0.1) is 11.3 Å². The van der Waals surface area contributed by atoms with Crippen molar-refractivity contribution in [1.82, 2.24) is 15.3 Å². The molecule has 2 heterocycles. The average Bonchev–Trinajstić information content (AvgIpc) is 3.23. The quantitative estimate of drug-likeness (QED) is 0.792. The number of aromatic nitrogens is 2. The molecule has 20 heavy (non-hydrogen) atoms. The number of pyridine rings is 1. The first-order valence-corrected chi connectivity index (χ1v) is 8.27. The van der Waals surface area contributed by atoms with Gasteiger partial charge in [0.05, 0.1) is 10.7 Å². The highest BCUT2D eigenvalue weighted by atomic mass is 32.1. The summed E-state index contributed by atoms with van der Waals surface area (Å²) in [7, 11) is 0. The van der Waals surface area contributed by atoms with Gasteiger partial charge in [0.1, 0.15) is 0 Å². The van der Waals surface area contributed by atoms with E-state index in [9.17, 15) is 0 Å². The van der Waals surface area contributed by atoms with Gasteiger partial charge < -0.3 is 5.32 Å². The van der Waals surface area contributed by atoms with E-state index in [4.69, 9.17) is 4.98 Å². The zero-order valence-electron chi connectivity index (χ0n) is 11.9. The maximum atomic E-state index is 4.88. The standard InChI is InChI=1S/C16H21N3S/c1-2-8-17-11-14-16(12-6-7-12)19-15(20-14)10-13-5-3-4-9-18-13/h3-5,9,12,17H,2,6-8,10-11H2,1H3. The number of hydrogen-bond donors (Lipinski definition) is 1. The maximum absolute atomic E-state index is 4.88. The van der Waals surface area contributed by atoms with Gasteiger partial charge in [0.2, 0.25) is 0 Å². The summed E-state index contributed by atoms with van der Waals surface area (Å²) < 4.78 is 0. The number of thiazole rings is 1. The Hall–Kier alpha value is -1.26. The molecule has 1 aliphatic carbocycles. The fraction of sp³-hybridized carbons (Fsp3) is 0.500. The molecule has 1 N–H and O–H groups in total. The molecule has 0 spiro atoms. The monoisotopic (exact) mass is 287 g/mol. The summed E-state index contributed by atoms with van der Waals surface area (Å²) in [4.78, 5) is 10.7. The first-order valence-electron chi connectivity index (χ1n) is 7.46. The van der Waals surface area contributed by atoms with E-state index >= 15 is 0 Å². The van der Waals surface area contributed by atoms with Crippen molar-refractivity contribution in [3.05, 3.63) is 45.7 Å². The van der Waals surface area contributed by atoms with Gasteiger partial charge in [-0.25, -0.2) is 4.98 Å². The molecule has 0 unspecified atom stereocenters. The van der Waals surface area contributed by atoms with E-state index in [1.807, 2.05) is 29.7 Å². The third kappa shape index (κ3) is 3.44. The molecule has 0 radical (unpaired) electrons. The van der Waals surface area contributed by atoms with E-state index in [1.54, 1.807) is 0 Å². The van der Waals surface area contributed by atoms with Crippen LogP contribution in [0.1, 0.15) is 53.4 Å². The number of hydrogen-bond acceptors (Lipinski definition) is 4. The Morgan fingerprint density at radius 3 is 2.95 bits per heavy atom. The van der Waals surface area contributed by atoms with Crippen LogP contribution in [0.3, 0.4) is 0 Å². The van der Waals surface area contributed by atoms with Crippen molar-refractivity contribution in [3.8, 4) is 0 Å². The van der Waals surface area contributed by atoms with E-state index in [2.05, 4.69) is 23.3 Å². The summed E-state index contributed by atoms with van der Waals surface area (Å²) in [5, 5.41) is 4.71. The van der Waals surface area contributed by atoms with Gasteiger partial charge in [-0.1, -0.05) is 13.0 Å². The second-order valence-electron chi connectivity index (χ2n) is 5.36. The van der Waals surface area contributed by atoms with Crippen molar-refractivity contribution in [1.29, 1.82) is 0 Å². The van der Waals surface area contributed by atoms with Crippen LogP contribution in [-0.4, -0.2) is 16.5 Å². The SMILES string of the molecule is CCCNCc1sc(Cc2ccccn2)nc1C1CC1. The predicted octanol–water partition coefficient (Wildman–Crippen LogP) is 3.51. The maximum Gasteiger partial charge on any atom is 0.0991 e. The predicted molar refractivity (Wildman–Crippen MR) is 83.1 cm³/mol. The number of nitrogens with one attached hydrogen (secondary N) is 1. The Kier molecular flexibility index (Phi) is 4.43. The zero-order valence-corrected chi connectivity index (χ0v) is 12.7. The van der Waals surface area contributed by atoms with Crippen LogP contribution in [-0.2, 0) is 13.0 Å². The molecule has 106 valence electrons. The Labute approximate surface area is 124 Å². The Morgan fingerprint density at radius 1 is 1.35 bits per heavy atom. The van der Waals surface area contributed by atoms with Crippen LogP contribution in [0.15, 0.2) is 24.4 Å². The average molecular weight is 287 g/mol. The van der Waals surface area contributed by atoms with Gasteiger partial charge in [0.15, 0.2) is 0 Å². The first-order chi connectivity index (χ1) is 9.86. The first kappa shape index (κ1) is 13.7. The van der Waals surface area contributed by atoms with E-state index in [0.29, 0.717) is 0 Å². The van der Waals surface area contributed by atoms with Crippen LogP contribution in [0.25, 0.3) is 0 Å². The summed E-state index contributed by atoms with van der Waals surface area (Å²) in [5.41, 5.74) is 2.46. The van der Waals surface area contributed by atoms with Crippen molar-refractivity contribution in [2.24, 2.45) is 0 Å². The minimum absolute atomic E-state index is 0.724. The van der Waals surface area contributed by atoms with Gasteiger partial charge in [0, 0.05) is 35.7 Å². The van der Waals surface area contributed by atoms with E-state index in [-0.39, 0.29) is 0 Å². The Balaban J connectivity index is 1.73. The minimum atomic E-state index is 0.724. The largest absolute Gasteiger partial charge is 0.312 e. The minimum Gasteiger partial charge on any atom is -0.312 e. The topological polar surface area (TPSA) is 37.8 Å². The van der Waals surface area contributed by atoms with Gasteiger partial charge in [-0.05, 0) is 37.9 Å². The number of rotatable bonds is 7. The van der Waals surface area contributed by atoms with Crippen LogP contribution in [0, 0.1) is 0 Å². The lowest BCUT2D eigenvalue weighted by Gasteiger charge is -2.01. The summed E-state index contributed by atoms with van der Waals surface area (Å²) in [6, 6.07) is 6.08. The molecule has 0 bridgehead atoms. The Morgan fingerprint density at radius 2 is 2.25 bits per heavy atom. The second-order valence-corrected chi connectivity index (χ2v) is 6.53. The van der Waals surface area contributed by atoms with Crippen molar-refractivity contribution >= 4 is 11.3 Å². The van der Waals surface area contributed by atoms with Crippen LogP contribution in [0.5, 0.6) is 0 Å². The summed E-state index contributed by atoms with van der Waals surface area (Å²) in [6.45, 7) is 4.26. The zero-order chi connectivity index (χ0) is 13.8. The van der Waals surface area contributed by atoms with Crippen LogP contribution in [0.4, 0.5) is 0 Å². The third-order valence-electron chi connectivity index (χ3n) is 3.51. The lowest BCUT2D eigenvalue weighted by Crippen LogP contribution is -2.13. The van der Waals surface area contributed by atoms with Crippen LogP contribution in [0.2, 0.25) is 0 Å².